The molecular weight excluding hydrogens is 292 g/mol. The Kier molecular flexibility index (Phi) is 6.19. The number of rotatable bonds is 7. The second-order valence-corrected chi connectivity index (χ2v) is 6.64. The molecule has 0 spiro atoms. The van der Waals surface area contributed by atoms with Gasteiger partial charge in [-0.1, -0.05) is 39.3 Å². The maximum atomic E-state index is 12.5. The fourth-order valence-electron chi connectivity index (χ4n) is 2.84. The first kappa shape index (κ1) is 18.0. The largest absolute Gasteiger partial charge is 0.497 e. The van der Waals surface area contributed by atoms with Gasteiger partial charge in [-0.2, -0.15) is 0 Å². The molecule has 0 radical (unpaired) electrons. The zero-order valence-corrected chi connectivity index (χ0v) is 14.6. The highest BCUT2D eigenvalue weighted by atomic mass is 16.7. The molecular formula is C19H28O4. The number of hydrogen-bond acceptors (Lipinski definition) is 4. The number of methoxy groups -OCH3 is 1. The smallest absolute Gasteiger partial charge is 0.184 e. The summed E-state index contributed by atoms with van der Waals surface area (Å²) in [7, 11) is 1.64. The van der Waals surface area contributed by atoms with Crippen LogP contribution in [0, 0.1) is 5.41 Å². The summed E-state index contributed by atoms with van der Waals surface area (Å²) in [5.41, 5.74) is 0.469. The van der Waals surface area contributed by atoms with Crippen molar-refractivity contribution in [1.82, 2.24) is 0 Å². The molecule has 1 unspecified atom stereocenters. The van der Waals surface area contributed by atoms with Gasteiger partial charge < -0.3 is 14.2 Å². The third kappa shape index (κ3) is 4.33. The normalized spacial score (nSPS) is 21.9. The third-order valence-electron chi connectivity index (χ3n) is 4.61. The first-order valence-electron chi connectivity index (χ1n) is 8.43. The van der Waals surface area contributed by atoms with E-state index in [0.29, 0.717) is 13.0 Å². The molecule has 4 heteroatoms. The lowest BCUT2D eigenvalue weighted by molar-refractivity contribution is -0.238. The van der Waals surface area contributed by atoms with Crippen LogP contribution in [0.15, 0.2) is 24.3 Å². The van der Waals surface area contributed by atoms with Gasteiger partial charge in [-0.25, -0.2) is 0 Å². The van der Waals surface area contributed by atoms with Crippen molar-refractivity contribution >= 4 is 5.78 Å². The monoisotopic (exact) mass is 320 g/mol. The van der Waals surface area contributed by atoms with E-state index in [1.807, 2.05) is 38.1 Å². The summed E-state index contributed by atoms with van der Waals surface area (Å²) in [6.45, 7) is 6.69. The summed E-state index contributed by atoms with van der Waals surface area (Å²) >= 11 is 0. The minimum atomic E-state index is -0.482. The Morgan fingerprint density at radius 2 is 2.00 bits per heavy atom. The van der Waals surface area contributed by atoms with Crippen LogP contribution in [0.1, 0.15) is 58.3 Å². The highest BCUT2D eigenvalue weighted by molar-refractivity contribution is 5.84. The number of unbranched alkanes of at least 4 members (excludes halogenated alkanes) is 1. The van der Waals surface area contributed by atoms with Crippen LogP contribution in [-0.4, -0.2) is 25.6 Å². The fraction of sp³-hybridized carbons (Fsp3) is 0.632. The Morgan fingerprint density at radius 3 is 2.61 bits per heavy atom. The molecule has 1 aromatic rings. The van der Waals surface area contributed by atoms with Gasteiger partial charge in [0.2, 0.25) is 0 Å². The van der Waals surface area contributed by atoms with E-state index < -0.39 is 11.7 Å². The van der Waals surface area contributed by atoms with Gasteiger partial charge in [0.05, 0.1) is 19.8 Å². The van der Waals surface area contributed by atoms with Crippen LogP contribution in [-0.2, 0) is 14.3 Å². The maximum absolute atomic E-state index is 12.5. The highest BCUT2D eigenvalue weighted by Gasteiger charge is 2.40. The average molecular weight is 320 g/mol. The Hall–Kier alpha value is -1.39. The lowest BCUT2D eigenvalue weighted by Crippen LogP contribution is -2.43. The Bertz CT molecular complexity index is 507. The van der Waals surface area contributed by atoms with Crippen molar-refractivity contribution in [2.45, 2.75) is 58.8 Å². The molecule has 2 atom stereocenters. The first-order chi connectivity index (χ1) is 11.0. The minimum absolute atomic E-state index is 0.118. The number of benzene rings is 1. The Morgan fingerprint density at radius 1 is 1.30 bits per heavy atom. The zero-order chi connectivity index (χ0) is 16.9. The summed E-state index contributed by atoms with van der Waals surface area (Å²) in [4.78, 5) is 12.5. The fourth-order valence-corrected chi connectivity index (χ4v) is 2.84. The minimum Gasteiger partial charge on any atom is -0.497 e. The van der Waals surface area contributed by atoms with Crippen LogP contribution in [0.3, 0.4) is 0 Å². The van der Waals surface area contributed by atoms with Gasteiger partial charge in [0, 0.05) is 17.4 Å². The molecule has 23 heavy (non-hydrogen) atoms. The Labute approximate surface area is 139 Å². The SMILES string of the molecule is CCCCC(=O)C(C)(C)[C@@H]1CCOC(c2ccc(OC)cc2)O1. The zero-order valence-electron chi connectivity index (χ0n) is 14.6. The number of hydrogen-bond donors (Lipinski definition) is 0. The summed E-state index contributed by atoms with van der Waals surface area (Å²) in [5.74, 6) is 1.08. The topological polar surface area (TPSA) is 44.8 Å². The summed E-state index contributed by atoms with van der Waals surface area (Å²) < 4.78 is 17.1. The van der Waals surface area contributed by atoms with Crippen LogP contribution < -0.4 is 4.74 Å². The number of carbonyl (C=O) groups excluding carboxylic acids is 1. The van der Waals surface area contributed by atoms with E-state index in [1.165, 1.54) is 0 Å². The molecule has 2 rings (SSSR count). The van der Waals surface area contributed by atoms with Crippen molar-refractivity contribution in [3.8, 4) is 5.75 Å². The van der Waals surface area contributed by atoms with Crippen LogP contribution >= 0.6 is 0 Å². The van der Waals surface area contributed by atoms with Gasteiger partial charge in [-0.05, 0) is 25.0 Å². The molecule has 0 bridgehead atoms. The molecule has 1 aromatic carbocycles. The number of carbonyl (C=O) groups is 1. The molecule has 1 aliphatic rings. The van der Waals surface area contributed by atoms with E-state index >= 15 is 0 Å². The van der Waals surface area contributed by atoms with E-state index in [1.54, 1.807) is 7.11 Å². The quantitative estimate of drug-likeness (QED) is 0.752. The molecule has 0 amide bonds. The standard InChI is InChI=1S/C19H28O4/c1-5-6-7-16(20)19(2,3)17-12-13-22-18(23-17)14-8-10-15(21-4)11-9-14/h8-11,17-18H,5-7,12-13H2,1-4H3/t17-,18?/m0/s1. The van der Waals surface area contributed by atoms with Crippen LogP contribution in [0.2, 0.25) is 0 Å². The van der Waals surface area contributed by atoms with Crippen LogP contribution in [0.25, 0.3) is 0 Å². The molecule has 0 N–H and O–H groups in total. The van der Waals surface area contributed by atoms with Gasteiger partial charge >= 0.3 is 0 Å². The van der Waals surface area contributed by atoms with E-state index in [4.69, 9.17) is 14.2 Å². The van der Waals surface area contributed by atoms with Gasteiger partial charge in [-0.15, -0.1) is 0 Å². The predicted molar refractivity (Wildman–Crippen MR) is 89.5 cm³/mol. The van der Waals surface area contributed by atoms with E-state index in [2.05, 4.69) is 6.92 Å². The predicted octanol–water partition coefficient (Wildman–Crippen LogP) is 4.28. The third-order valence-corrected chi connectivity index (χ3v) is 4.61. The van der Waals surface area contributed by atoms with Crippen LogP contribution in [0.5, 0.6) is 5.75 Å². The number of ketones is 1. The number of Topliss-reactive ketones (excluding diaryl/α,β-unsaturated/α-hetero) is 1. The molecule has 0 aliphatic carbocycles. The lowest BCUT2D eigenvalue weighted by Gasteiger charge is -2.39. The summed E-state index contributed by atoms with van der Waals surface area (Å²) in [5, 5.41) is 0. The molecule has 0 aromatic heterocycles. The molecule has 1 fully saturated rings. The van der Waals surface area contributed by atoms with Gasteiger partial charge in [0.25, 0.3) is 0 Å². The van der Waals surface area contributed by atoms with Crippen molar-refractivity contribution < 1.29 is 19.0 Å². The lowest BCUT2D eigenvalue weighted by atomic mass is 9.78. The molecule has 1 saturated heterocycles. The van der Waals surface area contributed by atoms with Crippen molar-refractivity contribution in [2.24, 2.45) is 5.41 Å². The molecule has 0 saturated carbocycles. The van der Waals surface area contributed by atoms with E-state index in [9.17, 15) is 4.79 Å². The first-order valence-corrected chi connectivity index (χ1v) is 8.43. The van der Waals surface area contributed by atoms with Crippen molar-refractivity contribution in [1.29, 1.82) is 0 Å². The summed E-state index contributed by atoms with van der Waals surface area (Å²) in [6.07, 6.45) is 2.80. The second kappa shape index (κ2) is 7.93. The molecule has 4 nitrogen and oxygen atoms in total. The highest BCUT2D eigenvalue weighted by Crippen LogP contribution is 2.37. The van der Waals surface area contributed by atoms with E-state index in [0.717, 1.165) is 30.6 Å². The van der Waals surface area contributed by atoms with Crippen molar-refractivity contribution in [3.63, 3.8) is 0 Å². The molecule has 1 aliphatic heterocycles. The molecule has 1 heterocycles. The Balaban J connectivity index is 2.05. The number of ether oxygens (including phenoxy) is 3. The average Bonchev–Trinajstić information content (AvgIpc) is 2.59. The van der Waals surface area contributed by atoms with Gasteiger partial charge in [-0.3, -0.25) is 4.79 Å². The maximum Gasteiger partial charge on any atom is 0.184 e. The van der Waals surface area contributed by atoms with E-state index in [-0.39, 0.29) is 11.9 Å². The second-order valence-electron chi connectivity index (χ2n) is 6.64. The van der Waals surface area contributed by atoms with Crippen LogP contribution in [0.4, 0.5) is 0 Å². The molecule has 128 valence electrons. The summed E-state index contributed by atoms with van der Waals surface area (Å²) in [6, 6.07) is 7.67. The van der Waals surface area contributed by atoms with Crippen molar-refractivity contribution in [2.75, 3.05) is 13.7 Å². The van der Waals surface area contributed by atoms with Gasteiger partial charge in [0.15, 0.2) is 6.29 Å². The van der Waals surface area contributed by atoms with Gasteiger partial charge in [0.1, 0.15) is 11.5 Å². The van der Waals surface area contributed by atoms with Crippen molar-refractivity contribution in [3.05, 3.63) is 29.8 Å².